The zero-order valence-corrected chi connectivity index (χ0v) is 9.16. The van der Waals surface area contributed by atoms with Crippen LogP contribution in [0.4, 0.5) is 5.69 Å². The minimum Gasteiger partial charge on any atom is -0.327 e. The van der Waals surface area contributed by atoms with Crippen LogP contribution >= 0.6 is 0 Å². The highest BCUT2D eigenvalue weighted by molar-refractivity contribution is 5.91. The number of aryl methyl sites for hydroxylation is 1. The number of hydrogen-bond donors (Lipinski definition) is 2. The Morgan fingerprint density at radius 2 is 2.40 bits per heavy atom. The monoisotopic (exact) mass is 207 g/mol. The van der Waals surface area contributed by atoms with Gasteiger partial charge in [-0.1, -0.05) is 6.92 Å². The van der Waals surface area contributed by atoms with Crippen molar-refractivity contribution in [3.63, 3.8) is 0 Å². The fraction of sp³-hybridized carbons (Fsp3) is 0.455. The van der Waals surface area contributed by atoms with Crippen molar-refractivity contribution in [3.05, 3.63) is 24.0 Å². The van der Waals surface area contributed by atoms with Crippen molar-refractivity contribution in [1.82, 2.24) is 4.98 Å². The van der Waals surface area contributed by atoms with Gasteiger partial charge in [0.15, 0.2) is 0 Å². The van der Waals surface area contributed by atoms with Crippen LogP contribution in [0.5, 0.6) is 0 Å². The molecule has 4 heteroatoms. The third-order valence-electron chi connectivity index (χ3n) is 2.25. The van der Waals surface area contributed by atoms with Crippen LogP contribution in [0, 0.1) is 6.92 Å². The van der Waals surface area contributed by atoms with Gasteiger partial charge in [-0.3, -0.25) is 9.78 Å². The van der Waals surface area contributed by atoms with Crippen molar-refractivity contribution in [3.8, 4) is 0 Å². The topological polar surface area (TPSA) is 68.0 Å². The Hall–Kier alpha value is -1.42. The number of nitrogens with zero attached hydrogens (tertiary/aromatic N) is 1. The summed E-state index contributed by atoms with van der Waals surface area (Å²) in [6, 6.07) is 3.56. The molecule has 1 amide bonds. The number of amides is 1. The molecule has 0 radical (unpaired) electrons. The summed E-state index contributed by atoms with van der Waals surface area (Å²) in [6.45, 7) is 3.82. The van der Waals surface area contributed by atoms with Crippen LogP contribution in [-0.2, 0) is 4.79 Å². The van der Waals surface area contributed by atoms with Crippen LogP contribution in [-0.4, -0.2) is 16.9 Å². The summed E-state index contributed by atoms with van der Waals surface area (Å²) < 4.78 is 0. The minimum absolute atomic E-state index is 0.0551. The molecule has 4 nitrogen and oxygen atoms in total. The van der Waals surface area contributed by atoms with Gasteiger partial charge in [-0.25, -0.2) is 0 Å². The summed E-state index contributed by atoms with van der Waals surface area (Å²) in [5.74, 6) is -0.0551. The van der Waals surface area contributed by atoms with Crippen molar-refractivity contribution in [2.75, 3.05) is 5.32 Å². The van der Waals surface area contributed by atoms with E-state index in [1.54, 1.807) is 12.3 Å². The van der Waals surface area contributed by atoms with Gasteiger partial charge in [-0.05, 0) is 25.5 Å². The molecule has 3 N–H and O–H groups in total. The number of pyridine rings is 1. The number of nitrogens with two attached hydrogens (primary N) is 1. The first-order chi connectivity index (χ1) is 7.13. The maximum Gasteiger partial charge on any atom is 0.225 e. The number of carbonyl (C=O) groups is 1. The van der Waals surface area contributed by atoms with E-state index in [0.717, 1.165) is 17.8 Å². The molecule has 1 atom stereocenters. The van der Waals surface area contributed by atoms with Crippen LogP contribution < -0.4 is 11.1 Å². The lowest BCUT2D eigenvalue weighted by Crippen LogP contribution is -2.26. The predicted octanol–water partition coefficient (Wildman–Crippen LogP) is 1.46. The molecule has 0 saturated heterocycles. The first-order valence-corrected chi connectivity index (χ1v) is 5.10. The molecule has 15 heavy (non-hydrogen) atoms. The molecule has 0 aliphatic rings. The average molecular weight is 207 g/mol. The van der Waals surface area contributed by atoms with Crippen molar-refractivity contribution in [1.29, 1.82) is 0 Å². The Labute approximate surface area is 89.9 Å². The number of carbonyl (C=O) groups excluding carboxylic acids is 1. The summed E-state index contributed by atoms with van der Waals surface area (Å²) in [4.78, 5) is 15.6. The van der Waals surface area contributed by atoms with E-state index in [2.05, 4.69) is 10.3 Å². The van der Waals surface area contributed by atoms with E-state index in [9.17, 15) is 4.79 Å². The molecule has 1 rings (SSSR count). The minimum atomic E-state index is -0.0676. The molecular weight excluding hydrogens is 190 g/mol. The Morgan fingerprint density at radius 3 is 3.00 bits per heavy atom. The third kappa shape index (κ3) is 3.67. The van der Waals surface area contributed by atoms with Gasteiger partial charge in [0.1, 0.15) is 0 Å². The SMILES string of the molecule is CCC(N)CC(=O)Nc1cccnc1C. The highest BCUT2D eigenvalue weighted by Gasteiger charge is 2.08. The van der Waals surface area contributed by atoms with E-state index >= 15 is 0 Å². The third-order valence-corrected chi connectivity index (χ3v) is 2.25. The average Bonchev–Trinajstić information content (AvgIpc) is 2.21. The predicted molar refractivity (Wildman–Crippen MR) is 60.5 cm³/mol. The second kappa shape index (κ2) is 5.46. The fourth-order valence-corrected chi connectivity index (χ4v) is 1.20. The molecule has 1 unspecified atom stereocenters. The number of anilines is 1. The van der Waals surface area contributed by atoms with Gasteiger partial charge < -0.3 is 11.1 Å². The molecule has 0 spiro atoms. The van der Waals surface area contributed by atoms with Gasteiger partial charge in [0, 0.05) is 18.7 Å². The van der Waals surface area contributed by atoms with Crippen LogP contribution in [0.3, 0.4) is 0 Å². The zero-order chi connectivity index (χ0) is 11.3. The standard InChI is InChI=1S/C11H17N3O/c1-3-9(12)7-11(15)14-10-5-4-6-13-8(10)2/h4-6,9H,3,7,12H2,1-2H3,(H,14,15). The molecule has 0 aliphatic heterocycles. The first-order valence-electron chi connectivity index (χ1n) is 5.10. The van der Waals surface area contributed by atoms with E-state index in [-0.39, 0.29) is 11.9 Å². The van der Waals surface area contributed by atoms with Gasteiger partial charge >= 0.3 is 0 Å². The molecule has 0 saturated carbocycles. The number of rotatable bonds is 4. The number of hydrogen-bond acceptors (Lipinski definition) is 3. The Bertz CT molecular complexity index is 338. The number of aromatic nitrogens is 1. The van der Waals surface area contributed by atoms with Gasteiger partial charge in [-0.15, -0.1) is 0 Å². The summed E-state index contributed by atoms with van der Waals surface area (Å²) in [6.07, 6.45) is 2.85. The van der Waals surface area contributed by atoms with Gasteiger partial charge in [0.05, 0.1) is 11.4 Å². The highest BCUT2D eigenvalue weighted by atomic mass is 16.1. The highest BCUT2D eigenvalue weighted by Crippen LogP contribution is 2.10. The molecule has 1 aromatic rings. The molecule has 0 bridgehead atoms. The van der Waals surface area contributed by atoms with E-state index in [1.165, 1.54) is 0 Å². The lowest BCUT2D eigenvalue weighted by atomic mass is 10.1. The normalized spacial score (nSPS) is 12.2. The Morgan fingerprint density at radius 1 is 1.67 bits per heavy atom. The maximum absolute atomic E-state index is 11.5. The maximum atomic E-state index is 11.5. The van der Waals surface area contributed by atoms with Crippen molar-refractivity contribution >= 4 is 11.6 Å². The van der Waals surface area contributed by atoms with Crippen molar-refractivity contribution in [2.45, 2.75) is 32.7 Å². The largest absolute Gasteiger partial charge is 0.327 e. The molecule has 0 aliphatic carbocycles. The van der Waals surface area contributed by atoms with E-state index < -0.39 is 0 Å². The van der Waals surface area contributed by atoms with Crippen LogP contribution in [0.1, 0.15) is 25.5 Å². The molecule has 1 heterocycles. The summed E-state index contributed by atoms with van der Waals surface area (Å²) in [5.41, 5.74) is 7.26. The number of nitrogens with one attached hydrogen (secondary N) is 1. The summed E-state index contributed by atoms with van der Waals surface area (Å²) in [7, 11) is 0. The first kappa shape index (κ1) is 11.7. The molecule has 0 fully saturated rings. The molecule has 82 valence electrons. The zero-order valence-electron chi connectivity index (χ0n) is 9.16. The quantitative estimate of drug-likeness (QED) is 0.785. The molecule has 0 aromatic carbocycles. The molecule has 1 aromatic heterocycles. The summed E-state index contributed by atoms with van der Waals surface area (Å²) >= 11 is 0. The van der Waals surface area contributed by atoms with Crippen LogP contribution in [0.15, 0.2) is 18.3 Å². The summed E-state index contributed by atoms with van der Waals surface area (Å²) in [5, 5.41) is 2.79. The second-order valence-electron chi connectivity index (χ2n) is 3.56. The second-order valence-corrected chi connectivity index (χ2v) is 3.56. The van der Waals surface area contributed by atoms with Gasteiger partial charge in [-0.2, -0.15) is 0 Å². The molecular formula is C11H17N3O. The van der Waals surface area contributed by atoms with Crippen LogP contribution in [0.2, 0.25) is 0 Å². The lowest BCUT2D eigenvalue weighted by molar-refractivity contribution is -0.116. The van der Waals surface area contributed by atoms with E-state index in [4.69, 9.17) is 5.73 Å². The van der Waals surface area contributed by atoms with Crippen molar-refractivity contribution < 1.29 is 4.79 Å². The van der Waals surface area contributed by atoms with Crippen LogP contribution in [0.25, 0.3) is 0 Å². The fourth-order valence-electron chi connectivity index (χ4n) is 1.20. The van der Waals surface area contributed by atoms with E-state index in [0.29, 0.717) is 6.42 Å². The Kier molecular flexibility index (Phi) is 4.24. The van der Waals surface area contributed by atoms with Gasteiger partial charge in [0.25, 0.3) is 0 Å². The lowest BCUT2D eigenvalue weighted by Gasteiger charge is -2.10. The smallest absolute Gasteiger partial charge is 0.225 e. The van der Waals surface area contributed by atoms with E-state index in [1.807, 2.05) is 19.9 Å². The van der Waals surface area contributed by atoms with Crippen molar-refractivity contribution in [2.24, 2.45) is 5.73 Å². The van der Waals surface area contributed by atoms with Gasteiger partial charge in [0.2, 0.25) is 5.91 Å². The Balaban J connectivity index is 2.55.